The van der Waals surface area contributed by atoms with Gasteiger partial charge in [0.2, 0.25) is 0 Å². The Morgan fingerprint density at radius 2 is 2.08 bits per heavy atom. The van der Waals surface area contributed by atoms with E-state index in [0.717, 1.165) is 5.69 Å². The van der Waals surface area contributed by atoms with Crippen LogP contribution >= 0.6 is 35.6 Å². The van der Waals surface area contributed by atoms with Gasteiger partial charge >= 0.3 is 0 Å². The van der Waals surface area contributed by atoms with Crippen molar-refractivity contribution in [3.05, 3.63) is 47.2 Å². The third kappa shape index (κ3) is 6.20. The van der Waals surface area contributed by atoms with Crippen LogP contribution in [-0.4, -0.2) is 35.4 Å². The Balaban J connectivity index is 0.00000288. The molecule has 0 radical (unpaired) electrons. The molecular formula is C16H23ClIN5O. The molecule has 6 nitrogen and oxygen atoms in total. The van der Waals surface area contributed by atoms with E-state index < -0.39 is 0 Å². The van der Waals surface area contributed by atoms with Gasteiger partial charge in [0.1, 0.15) is 11.9 Å². The maximum atomic E-state index is 6.09. The molecule has 0 saturated carbocycles. The number of halogens is 2. The molecule has 2 N–H and O–H groups in total. The Labute approximate surface area is 164 Å². The van der Waals surface area contributed by atoms with Crippen molar-refractivity contribution in [3.63, 3.8) is 0 Å². The number of hydrogen-bond acceptors (Lipinski definition) is 3. The van der Waals surface area contributed by atoms with Crippen LogP contribution in [0.3, 0.4) is 0 Å². The quantitative estimate of drug-likeness (QED) is 0.393. The maximum Gasteiger partial charge on any atom is 0.191 e. The van der Waals surface area contributed by atoms with E-state index in [1.807, 2.05) is 49.0 Å². The third-order valence-corrected chi connectivity index (χ3v) is 3.62. The van der Waals surface area contributed by atoms with Crippen molar-refractivity contribution in [3.8, 4) is 5.75 Å². The van der Waals surface area contributed by atoms with Crippen LogP contribution in [0.25, 0.3) is 0 Å². The summed E-state index contributed by atoms with van der Waals surface area (Å²) in [7, 11) is 3.64. The van der Waals surface area contributed by atoms with Gasteiger partial charge in [-0.05, 0) is 25.1 Å². The zero-order chi connectivity index (χ0) is 16.7. The second-order valence-corrected chi connectivity index (χ2v) is 5.52. The first-order valence-corrected chi connectivity index (χ1v) is 7.80. The molecule has 2 aromatic rings. The monoisotopic (exact) mass is 463 g/mol. The molecule has 0 aliphatic rings. The summed E-state index contributed by atoms with van der Waals surface area (Å²) in [5, 5.41) is 11.2. The number of rotatable bonds is 6. The van der Waals surface area contributed by atoms with Crippen LogP contribution in [0.1, 0.15) is 12.6 Å². The molecule has 1 heterocycles. The molecule has 1 aromatic carbocycles. The van der Waals surface area contributed by atoms with Crippen LogP contribution in [0.2, 0.25) is 5.02 Å². The lowest BCUT2D eigenvalue weighted by molar-refractivity contribution is 0.224. The van der Waals surface area contributed by atoms with Crippen molar-refractivity contribution in [2.45, 2.75) is 19.6 Å². The van der Waals surface area contributed by atoms with Gasteiger partial charge in [0.15, 0.2) is 5.96 Å². The van der Waals surface area contributed by atoms with Gasteiger partial charge in [-0.25, -0.2) is 0 Å². The standard InChI is InChI=1S/C16H22ClN5O.HI/c1-12(23-15-7-5-4-6-14(15)17)10-19-16(18-2)20-11-13-8-9-21-22(13)3;/h4-9,12H,10-11H2,1-3H3,(H2,18,19,20);1H. The lowest BCUT2D eigenvalue weighted by Crippen LogP contribution is -2.41. The van der Waals surface area contributed by atoms with Crippen molar-refractivity contribution in [1.29, 1.82) is 0 Å². The second-order valence-electron chi connectivity index (χ2n) is 5.11. The SMILES string of the molecule is CN=C(NCc1ccnn1C)NCC(C)Oc1ccccc1Cl.I. The van der Waals surface area contributed by atoms with Crippen LogP contribution in [0.4, 0.5) is 0 Å². The predicted molar refractivity (Wildman–Crippen MR) is 108 cm³/mol. The molecular weight excluding hydrogens is 441 g/mol. The summed E-state index contributed by atoms with van der Waals surface area (Å²) in [4.78, 5) is 4.20. The first-order chi connectivity index (χ1) is 11.1. The number of guanidine groups is 1. The first-order valence-electron chi connectivity index (χ1n) is 7.42. The average Bonchev–Trinajstić information content (AvgIpc) is 2.95. The highest BCUT2D eigenvalue weighted by atomic mass is 127. The fourth-order valence-electron chi connectivity index (χ4n) is 2.01. The smallest absolute Gasteiger partial charge is 0.191 e. The van der Waals surface area contributed by atoms with Gasteiger partial charge in [-0.2, -0.15) is 5.10 Å². The van der Waals surface area contributed by atoms with Crippen molar-refractivity contribution in [2.24, 2.45) is 12.0 Å². The van der Waals surface area contributed by atoms with E-state index in [1.54, 1.807) is 13.2 Å². The number of hydrogen-bond donors (Lipinski definition) is 2. The van der Waals surface area contributed by atoms with Crippen molar-refractivity contribution < 1.29 is 4.74 Å². The summed E-state index contributed by atoms with van der Waals surface area (Å²) in [5.74, 6) is 1.39. The fourth-order valence-corrected chi connectivity index (χ4v) is 2.19. The average molecular weight is 464 g/mol. The van der Waals surface area contributed by atoms with Crippen LogP contribution < -0.4 is 15.4 Å². The largest absolute Gasteiger partial charge is 0.487 e. The molecule has 0 saturated heterocycles. The lowest BCUT2D eigenvalue weighted by atomic mass is 10.3. The number of para-hydroxylation sites is 1. The zero-order valence-corrected chi connectivity index (χ0v) is 17.1. The maximum absolute atomic E-state index is 6.09. The summed E-state index contributed by atoms with van der Waals surface area (Å²) in [5.41, 5.74) is 1.08. The summed E-state index contributed by atoms with van der Waals surface area (Å²) in [6.07, 6.45) is 1.72. The Morgan fingerprint density at radius 3 is 2.71 bits per heavy atom. The Hall–Kier alpha value is -1.48. The van der Waals surface area contributed by atoms with Crippen LogP contribution in [0.15, 0.2) is 41.5 Å². The molecule has 0 fully saturated rings. The summed E-state index contributed by atoms with van der Waals surface area (Å²) in [6, 6.07) is 9.40. The Bertz CT molecular complexity index is 661. The molecule has 0 spiro atoms. The number of aryl methyl sites for hydroxylation is 1. The molecule has 0 bridgehead atoms. The highest BCUT2D eigenvalue weighted by Crippen LogP contribution is 2.23. The van der Waals surface area contributed by atoms with Crippen LogP contribution in [0.5, 0.6) is 5.75 Å². The molecule has 1 aromatic heterocycles. The van der Waals surface area contributed by atoms with Gasteiger partial charge in [-0.1, -0.05) is 23.7 Å². The normalized spacial score (nSPS) is 12.2. The molecule has 0 aliphatic heterocycles. The summed E-state index contributed by atoms with van der Waals surface area (Å²) in [6.45, 7) is 3.23. The van der Waals surface area contributed by atoms with Crippen molar-refractivity contribution in [2.75, 3.05) is 13.6 Å². The zero-order valence-electron chi connectivity index (χ0n) is 14.0. The topological polar surface area (TPSA) is 63.5 Å². The van der Waals surface area contributed by atoms with E-state index >= 15 is 0 Å². The number of aliphatic imine (C=N–C) groups is 1. The van der Waals surface area contributed by atoms with Gasteiger partial charge in [-0.3, -0.25) is 9.67 Å². The van der Waals surface area contributed by atoms with Gasteiger partial charge in [0.05, 0.1) is 23.8 Å². The van der Waals surface area contributed by atoms with E-state index in [4.69, 9.17) is 16.3 Å². The summed E-state index contributed by atoms with van der Waals surface area (Å²) < 4.78 is 7.64. The molecule has 132 valence electrons. The number of nitrogens with one attached hydrogen (secondary N) is 2. The van der Waals surface area contributed by atoms with Crippen molar-refractivity contribution in [1.82, 2.24) is 20.4 Å². The molecule has 8 heteroatoms. The Morgan fingerprint density at radius 1 is 1.33 bits per heavy atom. The number of aromatic nitrogens is 2. The highest BCUT2D eigenvalue weighted by molar-refractivity contribution is 14.0. The van der Waals surface area contributed by atoms with Crippen LogP contribution in [0, 0.1) is 0 Å². The second kappa shape index (κ2) is 10.4. The highest BCUT2D eigenvalue weighted by Gasteiger charge is 2.08. The fraction of sp³-hybridized carbons (Fsp3) is 0.375. The minimum atomic E-state index is -0.0508. The van der Waals surface area contributed by atoms with E-state index in [9.17, 15) is 0 Å². The van der Waals surface area contributed by atoms with Gasteiger partial charge in [0, 0.05) is 20.3 Å². The first kappa shape index (κ1) is 20.6. The lowest BCUT2D eigenvalue weighted by Gasteiger charge is -2.18. The van der Waals surface area contributed by atoms with Gasteiger partial charge < -0.3 is 15.4 Å². The molecule has 2 rings (SSSR count). The minimum absolute atomic E-state index is 0. The van der Waals surface area contributed by atoms with Crippen LogP contribution in [-0.2, 0) is 13.6 Å². The predicted octanol–water partition coefficient (Wildman–Crippen LogP) is 2.82. The number of nitrogens with zero attached hydrogens (tertiary/aromatic N) is 3. The number of ether oxygens (including phenoxy) is 1. The van der Waals surface area contributed by atoms with E-state index in [2.05, 4.69) is 20.7 Å². The summed E-state index contributed by atoms with van der Waals surface area (Å²) >= 11 is 6.09. The van der Waals surface area contributed by atoms with E-state index in [-0.39, 0.29) is 30.1 Å². The molecule has 24 heavy (non-hydrogen) atoms. The van der Waals surface area contributed by atoms with E-state index in [0.29, 0.717) is 29.8 Å². The van der Waals surface area contributed by atoms with Crippen molar-refractivity contribution >= 4 is 41.5 Å². The molecule has 0 aliphatic carbocycles. The van der Waals surface area contributed by atoms with Gasteiger partial charge in [-0.15, -0.1) is 24.0 Å². The van der Waals surface area contributed by atoms with E-state index in [1.165, 1.54) is 0 Å². The molecule has 0 amide bonds. The Kier molecular flexibility index (Phi) is 8.91. The third-order valence-electron chi connectivity index (χ3n) is 3.30. The van der Waals surface area contributed by atoms with Gasteiger partial charge in [0.25, 0.3) is 0 Å². The number of benzene rings is 1. The molecule has 1 unspecified atom stereocenters. The molecule has 1 atom stereocenters. The minimum Gasteiger partial charge on any atom is -0.487 e.